The van der Waals surface area contributed by atoms with E-state index in [0.29, 0.717) is 10.6 Å². The minimum absolute atomic E-state index is 0.247. The lowest BCUT2D eigenvalue weighted by Gasteiger charge is -1.98. The number of carboxylic acid groups (broad SMARTS) is 1. The molecule has 2 N–H and O–H groups in total. The average molecular weight is 326 g/mol. The minimum atomic E-state index is -1.03. The summed E-state index contributed by atoms with van der Waals surface area (Å²) in [5.74, 6) is -1.40. The SMILES string of the molecule is Cc1ccc(C=NN=C2NC(=O)C(CC(=O)O)S2)c(Cl)c1. The van der Waals surface area contributed by atoms with Crippen molar-refractivity contribution in [3.8, 4) is 0 Å². The zero-order chi connectivity index (χ0) is 15.4. The first-order chi connectivity index (χ1) is 9.95. The molecule has 2 rings (SSSR count). The highest BCUT2D eigenvalue weighted by atomic mass is 35.5. The molecule has 1 aromatic rings. The van der Waals surface area contributed by atoms with Gasteiger partial charge in [0, 0.05) is 10.6 Å². The number of thioether (sulfide) groups is 1. The molecule has 1 aliphatic heterocycles. The molecule has 0 aromatic heterocycles. The molecule has 0 aliphatic carbocycles. The van der Waals surface area contributed by atoms with Gasteiger partial charge < -0.3 is 10.4 Å². The Hall–Kier alpha value is -1.86. The number of aliphatic carboxylic acids is 1. The maximum atomic E-state index is 11.5. The van der Waals surface area contributed by atoms with Crippen molar-refractivity contribution in [1.29, 1.82) is 0 Å². The van der Waals surface area contributed by atoms with Crippen molar-refractivity contribution in [1.82, 2.24) is 5.32 Å². The summed E-state index contributed by atoms with van der Waals surface area (Å²) in [5, 5.41) is 19.1. The smallest absolute Gasteiger partial charge is 0.305 e. The third kappa shape index (κ3) is 4.30. The van der Waals surface area contributed by atoms with Crippen LogP contribution in [0.1, 0.15) is 17.5 Å². The van der Waals surface area contributed by atoms with Gasteiger partial charge in [-0.05, 0) is 18.6 Å². The second-order valence-electron chi connectivity index (χ2n) is 4.37. The van der Waals surface area contributed by atoms with Crippen LogP contribution in [0.15, 0.2) is 28.4 Å². The summed E-state index contributed by atoms with van der Waals surface area (Å²) < 4.78 is 0. The number of amides is 1. The number of carbonyl (C=O) groups excluding carboxylic acids is 1. The molecule has 1 aliphatic rings. The highest BCUT2D eigenvalue weighted by molar-refractivity contribution is 8.15. The van der Waals surface area contributed by atoms with Crippen LogP contribution in [0.2, 0.25) is 5.02 Å². The first kappa shape index (κ1) is 15.5. The van der Waals surface area contributed by atoms with E-state index < -0.39 is 11.2 Å². The van der Waals surface area contributed by atoms with Gasteiger partial charge in [0.2, 0.25) is 5.91 Å². The molecule has 1 saturated heterocycles. The van der Waals surface area contributed by atoms with Crippen LogP contribution in [0, 0.1) is 6.92 Å². The lowest BCUT2D eigenvalue weighted by Crippen LogP contribution is -2.26. The monoisotopic (exact) mass is 325 g/mol. The van der Waals surface area contributed by atoms with Crippen molar-refractivity contribution < 1.29 is 14.7 Å². The number of hydrogen-bond donors (Lipinski definition) is 2. The van der Waals surface area contributed by atoms with Crippen molar-refractivity contribution in [2.75, 3.05) is 0 Å². The highest BCUT2D eigenvalue weighted by Gasteiger charge is 2.32. The first-order valence-electron chi connectivity index (χ1n) is 6.02. The van der Waals surface area contributed by atoms with Crippen LogP contribution in [-0.4, -0.2) is 33.6 Å². The number of carboxylic acids is 1. The van der Waals surface area contributed by atoms with Gasteiger partial charge in [-0.1, -0.05) is 35.5 Å². The van der Waals surface area contributed by atoms with Crippen molar-refractivity contribution in [3.05, 3.63) is 34.3 Å². The maximum Gasteiger partial charge on any atom is 0.305 e. The van der Waals surface area contributed by atoms with Crippen molar-refractivity contribution in [2.24, 2.45) is 10.2 Å². The fourth-order valence-electron chi connectivity index (χ4n) is 1.63. The van der Waals surface area contributed by atoms with E-state index in [1.807, 2.05) is 25.1 Å². The first-order valence-corrected chi connectivity index (χ1v) is 7.28. The number of rotatable bonds is 4. The molecule has 110 valence electrons. The van der Waals surface area contributed by atoms with Crippen molar-refractivity contribution >= 4 is 46.6 Å². The fourth-order valence-corrected chi connectivity index (χ4v) is 2.82. The molecule has 1 amide bonds. The number of hydrogen-bond acceptors (Lipinski definition) is 5. The lowest BCUT2D eigenvalue weighted by molar-refractivity contribution is -0.138. The predicted octanol–water partition coefficient (Wildman–Crippen LogP) is 2.04. The van der Waals surface area contributed by atoms with Gasteiger partial charge in [-0.2, -0.15) is 5.10 Å². The molecule has 0 radical (unpaired) electrons. The molecule has 1 heterocycles. The molecule has 1 atom stereocenters. The van der Waals surface area contributed by atoms with Gasteiger partial charge in [0.1, 0.15) is 5.25 Å². The van der Waals surface area contributed by atoms with E-state index >= 15 is 0 Å². The molecular weight excluding hydrogens is 314 g/mol. The summed E-state index contributed by atoms with van der Waals surface area (Å²) >= 11 is 7.10. The van der Waals surface area contributed by atoms with Crippen LogP contribution >= 0.6 is 23.4 Å². The van der Waals surface area contributed by atoms with Gasteiger partial charge in [-0.25, -0.2) is 0 Å². The van der Waals surface area contributed by atoms with Crippen LogP contribution in [0.3, 0.4) is 0 Å². The molecule has 21 heavy (non-hydrogen) atoms. The Morgan fingerprint density at radius 3 is 3.00 bits per heavy atom. The molecule has 8 heteroatoms. The maximum absolute atomic E-state index is 11.5. The van der Waals surface area contributed by atoms with Gasteiger partial charge in [0.25, 0.3) is 0 Å². The zero-order valence-corrected chi connectivity index (χ0v) is 12.6. The minimum Gasteiger partial charge on any atom is -0.481 e. The molecule has 6 nitrogen and oxygen atoms in total. The van der Waals surface area contributed by atoms with E-state index in [-0.39, 0.29) is 17.5 Å². The average Bonchev–Trinajstić information content (AvgIpc) is 2.72. The Labute approximate surface area is 130 Å². The van der Waals surface area contributed by atoms with E-state index in [4.69, 9.17) is 16.7 Å². The quantitative estimate of drug-likeness (QED) is 0.654. The van der Waals surface area contributed by atoms with E-state index in [1.165, 1.54) is 6.21 Å². The van der Waals surface area contributed by atoms with E-state index in [2.05, 4.69) is 15.5 Å². The van der Waals surface area contributed by atoms with Crippen LogP contribution in [0.4, 0.5) is 0 Å². The second kappa shape index (κ2) is 6.73. The van der Waals surface area contributed by atoms with E-state index in [9.17, 15) is 9.59 Å². The second-order valence-corrected chi connectivity index (χ2v) is 5.97. The van der Waals surface area contributed by atoms with Crippen molar-refractivity contribution in [3.63, 3.8) is 0 Å². The Bertz CT molecular complexity index is 646. The molecule has 1 fully saturated rings. The molecular formula is C13H12ClN3O3S. The molecule has 0 spiro atoms. The molecule has 0 saturated carbocycles. The fraction of sp³-hybridized carbons (Fsp3) is 0.231. The Kier molecular flexibility index (Phi) is 4.98. The number of aryl methyl sites for hydroxylation is 1. The normalized spacial score (nSPS) is 20.2. The Balaban J connectivity index is 2.03. The van der Waals surface area contributed by atoms with Gasteiger partial charge >= 0.3 is 5.97 Å². The van der Waals surface area contributed by atoms with Gasteiger partial charge in [0.05, 0.1) is 12.6 Å². The highest BCUT2D eigenvalue weighted by Crippen LogP contribution is 2.22. The van der Waals surface area contributed by atoms with Crippen LogP contribution in [0.25, 0.3) is 0 Å². The standard InChI is InChI=1S/C13H12ClN3O3S/c1-7-2-3-8(9(14)4-7)6-15-17-13-16-12(20)10(21-13)5-11(18)19/h2-4,6,10H,5H2,1H3,(H,18,19)(H,16,17,20). The predicted molar refractivity (Wildman–Crippen MR) is 83.0 cm³/mol. The molecule has 0 bridgehead atoms. The lowest BCUT2D eigenvalue weighted by atomic mass is 10.2. The topological polar surface area (TPSA) is 91.1 Å². The number of carbonyl (C=O) groups is 2. The summed E-state index contributed by atoms with van der Waals surface area (Å²) in [5.41, 5.74) is 1.75. The van der Waals surface area contributed by atoms with Crippen molar-refractivity contribution in [2.45, 2.75) is 18.6 Å². The number of amidine groups is 1. The zero-order valence-electron chi connectivity index (χ0n) is 11.0. The van der Waals surface area contributed by atoms with Crippen LogP contribution < -0.4 is 5.32 Å². The number of halogens is 1. The molecule has 1 unspecified atom stereocenters. The summed E-state index contributed by atoms with van der Waals surface area (Å²) in [6.45, 7) is 1.93. The van der Waals surface area contributed by atoms with Gasteiger partial charge in [-0.3, -0.25) is 9.59 Å². The number of nitrogens with zero attached hydrogens (tertiary/aromatic N) is 2. The van der Waals surface area contributed by atoms with Crippen LogP contribution in [0.5, 0.6) is 0 Å². The summed E-state index contributed by atoms with van der Waals surface area (Å²) in [6, 6.07) is 5.52. The Morgan fingerprint density at radius 2 is 2.33 bits per heavy atom. The molecule has 1 aromatic carbocycles. The van der Waals surface area contributed by atoms with E-state index in [0.717, 1.165) is 17.3 Å². The Morgan fingerprint density at radius 1 is 1.57 bits per heavy atom. The summed E-state index contributed by atoms with van der Waals surface area (Å²) in [4.78, 5) is 22.1. The summed E-state index contributed by atoms with van der Waals surface area (Å²) in [6.07, 6.45) is 1.23. The largest absolute Gasteiger partial charge is 0.481 e. The third-order valence-corrected chi connectivity index (χ3v) is 4.04. The number of nitrogens with one attached hydrogen (secondary N) is 1. The van der Waals surface area contributed by atoms with E-state index in [1.54, 1.807) is 0 Å². The third-order valence-electron chi connectivity index (χ3n) is 2.64. The summed E-state index contributed by atoms with van der Waals surface area (Å²) in [7, 11) is 0. The van der Waals surface area contributed by atoms with Gasteiger partial charge in [-0.15, -0.1) is 5.10 Å². The number of benzene rings is 1. The van der Waals surface area contributed by atoms with Crippen LogP contribution in [-0.2, 0) is 9.59 Å². The van der Waals surface area contributed by atoms with Gasteiger partial charge in [0.15, 0.2) is 5.17 Å².